The van der Waals surface area contributed by atoms with Crippen molar-refractivity contribution < 1.29 is 5.11 Å². The summed E-state index contributed by atoms with van der Waals surface area (Å²) in [6.07, 6.45) is 5.97. The molecule has 0 unspecified atom stereocenters. The number of hydrogen-bond donors (Lipinski definition) is 2. The van der Waals surface area contributed by atoms with Crippen molar-refractivity contribution >= 4 is 0 Å². The van der Waals surface area contributed by atoms with E-state index in [0.717, 1.165) is 19.4 Å². The van der Waals surface area contributed by atoms with Gasteiger partial charge in [-0.3, -0.25) is 0 Å². The summed E-state index contributed by atoms with van der Waals surface area (Å²) >= 11 is 0. The maximum atomic E-state index is 8.59. The van der Waals surface area contributed by atoms with Crippen LogP contribution in [0.1, 0.15) is 32.1 Å². The molecule has 1 aliphatic rings. The van der Waals surface area contributed by atoms with E-state index in [9.17, 15) is 0 Å². The Bertz CT molecular complexity index is 99.4. The zero-order valence-electron chi connectivity index (χ0n) is 6.47. The first kappa shape index (κ1) is 8.02. The Hall–Kier alpha value is -0.0800. The molecule has 0 aromatic carbocycles. The summed E-state index contributed by atoms with van der Waals surface area (Å²) in [6.45, 7) is 1.15. The zero-order chi connectivity index (χ0) is 7.45. The van der Waals surface area contributed by atoms with Crippen LogP contribution in [-0.2, 0) is 0 Å². The molecule has 1 aliphatic carbocycles. The molecule has 0 aromatic rings. The molecule has 0 aromatic heterocycles. The Balaban J connectivity index is 2.11. The molecule has 1 rings (SSSR count). The molecule has 1 fully saturated rings. The Labute approximate surface area is 62.4 Å². The van der Waals surface area contributed by atoms with E-state index in [1.54, 1.807) is 0 Å². The van der Waals surface area contributed by atoms with Gasteiger partial charge in [0.2, 0.25) is 0 Å². The lowest BCUT2D eigenvalue weighted by molar-refractivity contribution is 0.264. The van der Waals surface area contributed by atoms with Crippen molar-refractivity contribution in [1.29, 1.82) is 0 Å². The van der Waals surface area contributed by atoms with E-state index in [4.69, 9.17) is 10.8 Å². The van der Waals surface area contributed by atoms with Gasteiger partial charge in [-0.25, -0.2) is 0 Å². The quantitative estimate of drug-likeness (QED) is 0.600. The van der Waals surface area contributed by atoms with Gasteiger partial charge in [0, 0.05) is 6.61 Å². The van der Waals surface area contributed by atoms with Crippen LogP contribution in [0.25, 0.3) is 0 Å². The highest BCUT2D eigenvalue weighted by Gasteiger charge is 2.40. The van der Waals surface area contributed by atoms with Crippen LogP contribution in [0, 0.1) is 5.41 Å². The van der Waals surface area contributed by atoms with Gasteiger partial charge in [0.25, 0.3) is 0 Å². The molecule has 1 saturated carbocycles. The standard InChI is InChI=1S/C8H17NO/c9-6-5-8(3-4-8)2-1-7-10/h10H,1-7,9H2. The average Bonchev–Trinajstić information content (AvgIpc) is 2.67. The molecular weight excluding hydrogens is 126 g/mol. The van der Waals surface area contributed by atoms with Gasteiger partial charge in [0.15, 0.2) is 0 Å². The van der Waals surface area contributed by atoms with Crippen molar-refractivity contribution in [3.05, 3.63) is 0 Å². The highest BCUT2D eigenvalue weighted by molar-refractivity contribution is 4.92. The highest BCUT2D eigenvalue weighted by atomic mass is 16.2. The maximum Gasteiger partial charge on any atom is 0.0431 e. The molecule has 2 nitrogen and oxygen atoms in total. The van der Waals surface area contributed by atoms with Gasteiger partial charge < -0.3 is 10.8 Å². The highest BCUT2D eigenvalue weighted by Crippen LogP contribution is 2.52. The number of aliphatic hydroxyl groups excluding tert-OH is 1. The lowest BCUT2D eigenvalue weighted by Crippen LogP contribution is -2.09. The second-order valence-electron chi connectivity index (χ2n) is 3.37. The first-order valence-electron chi connectivity index (χ1n) is 4.14. The summed E-state index contributed by atoms with van der Waals surface area (Å²) in [7, 11) is 0. The van der Waals surface area contributed by atoms with Crippen molar-refractivity contribution in [1.82, 2.24) is 0 Å². The van der Waals surface area contributed by atoms with Crippen LogP contribution in [0.3, 0.4) is 0 Å². The smallest absolute Gasteiger partial charge is 0.0431 e. The van der Waals surface area contributed by atoms with Crippen LogP contribution < -0.4 is 5.73 Å². The average molecular weight is 143 g/mol. The van der Waals surface area contributed by atoms with Crippen LogP contribution in [0.15, 0.2) is 0 Å². The number of nitrogens with two attached hydrogens (primary N) is 1. The van der Waals surface area contributed by atoms with E-state index >= 15 is 0 Å². The molecule has 0 radical (unpaired) electrons. The Kier molecular flexibility index (Phi) is 2.69. The molecule has 0 atom stereocenters. The fourth-order valence-electron chi connectivity index (χ4n) is 1.56. The third kappa shape index (κ3) is 1.96. The Morgan fingerprint density at radius 1 is 1.30 bits per heavy atom. The van der Waals surface area contributed by atoms with E-state index in [1.807, 2.05) is 0 Å². The summed E-state index contributed by atoms with van der Waals surface area (Å²) in [5.41, 5.74) is 6.03. The third-order valence-corrected chi connectivity index (χ3v) is 2.50. The summed E-state index contributed by atoms with van der Waals surface area (Å²) in [5.74, 6) is 0. The first-order valence-corrected chi connectivity index (χ1v) is 4.14. The van der Waals surface area contributed by atoms with Crippen LogP contribution >= 0.6 is 0 Å². The normalized spacial score (nSPS) is 21.0. The lowest BCUT2D eigenvalue weighted by Gasteiger charge is -2.11. The molecule has 0 saturated heterocycles. The Morgan fingerprint density at radius 3 is 2.40 bits per heavy atom. The molecule has 0 bridgehead atoms. The van der Waals surface area contributed by atoms with Gasteiger partial charge >= 0.3 is 0 Å². The minimum absolute atomic E-state index is 0.340. The van der Waals surface area contributed by atoms with E-state index in [2.05, 4.69) is 0 Å². The summed E-state index contributed by atoms with van der Waals surface area (Å²) < 4.78 is 0. The fourth-order valence-corrected chi connectivity index (χ4v) is 1.56. The molecule has 0 amide bonds. The van der Waals surface area contributed by atoms with Crippen molar-refractivity contribution in [2.45, 2.75) is 32.1 Å². The van der Waals surface area contributed by atoms with Gasteiger partial charge in [0.1, 0.15) is 0 Å². The van der Waals surface area contributed by atoms with Gasteiger partial charge in [0.05, 0.1) is 0 Å². The van der Waals surface area contributed by atoms with Crippen LogP contribution in [0.5, 0.6) is 0 Å². The third-order valence-electron chi connectivity index (χ3n) is 2.50. The van der Waals surface area contributed by atoms with E-state index in [0.29, 0.717) is 12.0 Å². The minimum Gasteiger partial charge on any atom is -0.396 e. The zero-order valence-corrected chi connectivity index (χ0v) is 6.47. The van der Waals surface area contributed by atoms with Gasteiger partial charge in [-0.15, -0.1) is 0 Å². The molecule has 60 valence electrons. The number of aliphatic hydroxyl groups is 1. The van der Waals surface area contributed by atoms with Crippen molar-refractivity contribution in [3.63, 3.8) is 0 Å². The van der Waals surface area contributed by atoms with Crippen molar-refractivity contribution in [2.75, 3.05) is 13.2 Å². The lowest BCUT2D eigenvalue weighted by atomic mass is 9.96. The second-order valence-corrected chi connectivity index (χ2v) is 3.37. The molecular formula is C8H17NO. The molecule has 10 heavy (non-hydrogen) atoms. The summed E-state index contributed by atoms with van der Waals surface area (Å²) in [6, 6.07) is 0. The van der Waals surface area contributed by atoms with Crippen molar-refractivity contribution in [3.8, 4) is 0 Å². The maximum absolute atomic E-state index is 8.59. The second kappa shape index (κ2) is 3.35. The topological polar surface area (TPSA) is 46.2 Å². The fraction of sp³-hybridized carbons (Fsp3) is 1.00. The largest absolute Gasteiger partial charge is 0.396 e. The van der Waals surface area contributed by atoms with Crippen LogP contribution in [0.4, 0.5) is 0 Å². The molecule has 3 N–H and O–H groups in total. The SMILES string of the molecule is NCCC1(CCCO)CC1. The first-order chi connectivity index (χ1) is 4.83. The predicted octanol–water partition coefficient (Wildman–Crippen LogP) is 0.888. The summed E-state index contributed by atoms with van der Waals surface area (Å²) in [4.78, 5) is 0. The van der Waals surface area contributed by atoms with E-state index in [-0.39, 0.29) is 0 Å². The molecule has 2 heteroatoms. The minimum atomic E-state index is 0.340. The van der Waals surface area contributed by atoms with Gasteiger partial charge in [-0.1, -0.05) is 0 Å². The molecule has 0 spiro atoms. The number of rotatable bonds is 5. The van der Waals surface area contributed by atoms with E-state index in [1.165, 1.54) is 19.3 Å². The summed E-state index contributed by atoms with van der Waals surface area (Å²) in [5, 5.41) is 8.59. The van der Waals surface area contributed by atoms with Crippen LogP contribution in [-0.4, -0.2) is 18.3 Å². The van der Waals surface area contributed by atoms with Crippen LogP contribution in [0.2, 0.25) is 0 Å². The predicted molar refractivity (Wildman–Crippen MR) is 41.7 cm³/mol. The van der Waals surface area contributed by atoms with Gasteiger partial charge in [-0.2, -0.15) is 0 Å². The number of hydrogen-bond acceptors (Lipinski definition) is 2. The van der Waals surface area contributed by atoms with Crippen molar-refractivity contribution in [2.24, 2.45) is 11.1 Å². The monoisotopic (exact) mass is 143 g/mol. The molecule has 0 aliphatic heterocycles. The molecule has 0 heterocycles. The van der Waals surface area contributed by atoms with E-state index < -0.39 is 0 Å². The Morgan fingerprint density at radius 2 is 2.00 bits per heavy atom. The van der Waals surface area contributed by atoms with Gasteiger partial charge in [-0.05, 0) is 44.1 Å².